The number of hydrogen-bond donors (Lipinski definition) is 3. The Balaban J connectivity index is 4.45. The van der Waals surface area contributed by atoms with E-state index in [1.807, 2.05) is 6.92 Å². The molecule has 0 aliphatic carbocycles. The van der Waals surface area contributed by atoms with Crippen molar-refractivity contribution in [2.45, 2.75) is 90.9 Å². The smallest absolute Gasteiger partial charge is 0.221 e. The molecule has 170 valence electrons. The zero-order chi connectivity index (χ0) is 22.2. The van der Waals surface area contributed by atoms with Gasteiger partial charge in [-0.2, -0.15) is 0 Å². The summed E-state index contributed by atoms with van der Waals surface area (Å²) in [6.07, 6.45) is 7.44. The summed E-state index contributed by atoms with van der Waals surface area (Å²) >= 11 is 1.70. The van der Waals surface area contributed by atoms with Crippen LogP contribution in [0.3, 0.4) is 0 Å². The van der Waals surface area contributed by atoms with Gasteiger partial charge in [0.05, 0.1) is 5.25 Å². The molecule has 2 unspecified atom stereocenters. The molecule has 0 bridgehead atoms. The minimum Gasteiger partial charge on any atom is -0.388 e. The first-order valence-corrected chi connectivity index (χ1v) is 12.4. The molecule has 0 saturated carbocycles. The molecule has 0 aliphatic rings. The van der Waals surface area contributed by atoms with Gasteiger partial charge < -0.3 is 16.4 Å². The molecule has 0 fully saturated rings. The molecule has 0 heterocycles. The van der Waals surface area contributed by atoms with Crippen molar-refractivity contribution >= 4 is 17.7 Å². The van der Waals surface area contributed by atoms with Crippen LogP contribution in [0.4, 0.5) is 0 Å². The lowest BCUT2D eigenvalue weighted by Gasteiger charge is -2.22. The third kappa shape index (κ3) is 16.5. The van der Waals surface area contributed by atoms with Crippen molar-refractivity contribution < 1.29 is 4.79 Å². The third-order valence-electron chi connectivity index (χ3n) is 4.96. The van der Waals surface area contributed by atoms with E-state index in [-0.39, 0.29) is 17.2 Å². The molecule has 0 saturated heterocycles. The highest BCUT2D eigenvalue weighted by molar-refractivity contribution is 8.00. The van der Waals surface area contributed by atoms with E-state index in [2.05, 4.69) is 51.5 Å². The maximum atomic E-state index is 12.4. The van der Waals surface area contributed by atoms with Crippen LogP contribution in [0.5, 0.6) is 0 Å². The number of amides is 1. The number of nitrogens with two attached hydrogens (primary N) is 1. The Bertz CT molecular complexity index is 477. The van der Waals surface area contributed by atoms with Gasteiger partial charge in [0.2, 0.25) is 5.91 Å². The predicted molar refractivity (Wildman–Crippen MR) is 131 cm³/mol. The van der Waals surface area contributed by atoms with Gasteiger partial charge in [0, 0.05) is 37.0 Å². The second-order valence-electron chi connectivity index (χ2n) is 9.06. The lowest BCUT2D eigenvalue weighted by molar-refractivity contribution is -0.120. The molecular formula is C24H47N3OS. The molecule has 0 radical (unpaired) electrons. The molecule has 5 heteroatoms. The number of carbonyl (C=O) groups excluding carboxylic acids is 1. The second kappa shape index (κ2) is 16.8. The number of hydrogen-bond acceptors (Lipinski definition) is 4. The van der Waals surface area contributed by atoms with Crippen LogP contribution in [0, 0.1) is 11.8 Å². The molecule has 0 aromatic rings. The second-order valence-corrected chi connectivity index (χ2v) is 10.3. The first kappa shape index (κ1) is 28.1. The summed E-state index contributed by atoms with van der Waals surface area (Å²) in [4.78, 5) is 12.4. The standard InChI is InChI=1S/C24H47N3OS/c1-18(2)12-8-10-14-26-21(7)23(29-17-22(25)20(5)6)16-24(28)27-15-11-9-13-19(3)4/h18-19,22-23,26H,5,7-17,25H2,1-4,6H3,(H,27,28). The zero-order valence-electron chi connectivity index (χ0n) is 19.7. The lowest BCUT2D eigenvalue weighted by Crippen LogP contribution is -2.33. The zero-order valence-corrected chi connectivity index (χ0v) is 20.5. The molecule has 29 heavy (non-hydrogen) atoms. The molecular weight excluding hydrogens is 378 g/mol. The Kier molecular flexibility index (Phi) is 16.3. The first-order valence-electron chi connectivity index (χ1n) is 11.3. The number of nitrogens with one attached hydrogen (secondary N) is 2. The lowest BCUT2D eigenvalue weighted by atomic mass is 10.1. The van der Waals surface area contributed by atoms with Gasteiger partial charge in [-0.1, -0.05) is 72.1 Å². The maximum Gasteiger partial charge on any atom is 0.221 e. The molecule has 2 atom stereocenters. The van der Waals surface area contributed by atoms with E-state index in [0.29, 0.717) is 6.42 Å². The molecule has 0 aromatic heterocycles. The minimum absolute atomic E-state index is 0.0289. The van der Waals surface area contributed by atoms with Crippen molar-refractivity contribution in [3.05, 3.63) is 24.4 Å². The van der Waals surface area contributed by atoms with Crippen LogP contribution in [-0.2, 0) is 4.79 Å². The Labute approximate surface area is 184 Å². The summed E-state index contributed by atoms with van der Waals surface area (Å²) in [6.45, 7) is 20.7. The maximum absolute atomic E-state index is 12.4. The number of carbonyl (C=O) groups is 1. The average Bonchev–Trinajstić information content (AvgIpc) is 2.63. The predicted octanol–water partition coefficient (Wildman–Crippen LogP) is 5.25. The fraction of sp³-hybridized carbons (Fsp3) is 0.792. The Morgan fingerprint density at radius 3 is 1.93 bits per heavy atom. The van der Waals surface area contributed by atoms with Crippen molar-refractivity contribution in [3.8, 4) is 0 Å². The average molecular weight is 426 g/mol. The Hall–Kier alpha value is -0.940. The highest BCUT2D eigenvalue weighted by Crippen LogP contribution is 2.22. The van der Waals surface area contributed by atoms with Crippen LogP contribution in [0.25, 0.3) is 0 Å². The van der Waals surface area contributed by atoms with Crippen molar-refractivity contribution in [1.82, 2.24) is 10.6 Å². The van der Waals surface area contributed by atoms with Crippen LogP contribution in [-0.4, -0.2) is 36.0 Å². The summed E-state index contributed by atoms with van der Waals surface area (Å²) in [6, 6.07) is -0.0552. The van der Waals surface area contributed by atoms with E-state index in [4.69, 9.17) is 5.73 Å². The SMILES string of the molecule is C=C(C)C(N)CSC(CC(=O)NCCCCC(C)C)C(=C)NCCCCC(C)C. The van der Waals surface area contributed by atoms with Gasteiger partial charge in [0.15, 0.2) is 0 Å². The van der Waals surface area contributed by atoms with Crippen LogP contribution in [0.15, 0.2) is 24.4 Å². The summed E-state index contributed by atoms with van der Waals surface area (Å²) in [5.74, 6) is 2.31. The van der Waals surface area contributed by atoms with E-state index >= 15 is 0 Å². The van der Waals surface area contributed by atoms with Crippen molar-refractivity contribution in [2.75, 3.05) is 18.8 Å². The van der Waals surface area contributed by atoms with E-state index < -0.39 is 0 Å². The monoisotopic (exact) mass is 425 g/mol. The largest absolute Gasteiger partial charge is 0.388 e. The van der Waals surface area contributed by atoms with Gasteiger partial charge in [-0.05, 0) is 31.6 Å². The van der Waals surface area contributed by atoms with E-state index in [1.54, 1.807) is 11.8 Å². The van der Waals surface area contributed by atoms with Crippen molar-refractivity contribution in [2.24, 2.45) is 17.6 Å². The van der Waals surface area contributed by atoms with E-state index in [1.165, 1.54) is 19.3 Å². The molecule has 0 aliphatic heterocycles. The van der Waals surface area contributed by atoms with E-state index in [9.17, 15) is 4.79 Å². The summed E-state index contributed by atoms with van der Waals surface area (Å²) < 4.78 is 0. The fourth-order valence-electron chi connectivity index (χ4n) is 2.83. The number of thioether (sulfide) groups is 1. The van der Waals surface area contributed by atoms with Crippen LogP contribution in [0.1, 0.15) is 79.6 Å². The molecule has 4 nitrogen and oxygen atoms in total. The molecule has 4 N–H and O–H groups in total. The Morgan fingerprint density at radius 1 is 0.931 bits per heavy atom. The topological polar surface area (TPSA) is 67.2 Å². The fourth-order valence-corrected chi connectivity index (χ4v) is 4.11. The van der Waals surface area contributed by atoms with Gasteiger partial charge in [-0.3, -0.25) is 4.79 Å². The van der Waals surface area contributed by atoms with E-state index in [0.717, 1.165) is 61.2 Å². The van der Waals surface area contributed by atoms with Crippen LogP contribution in [0.2, 0.25) is 0 Å². The normalized spacial score (nSPS) is 13.4. The van der Waals surface area contributed by atoms with Crippen molar-refractivity contribution in [1.29, 1.82) is 0 Å². The van der Waals surface area contributed by atoms with Crippen LogP contribution >= 0.6 is 11.8 Å². The first-order chi connectivity index (χ1) is 13.6. The van der Waals surface area contributed by atoms with Crippen LogP contribution < -0.4 is 16.4 Å². The van der Waals surface area contributed by atoms with Gasteiger partial charge in [0.1, 0.15) is 0 Å². The summed E-state index contributed by atoms with van der Waals surface area (Å²) in [5.41, 5.74) is 8.03. The molecule has 1 amide bonds. The third-order valence-corrected chi connectivity index (χ3v) is 6.37. The molecule has 0 rings (SSSR count). The highest BCUT2D eigenvalue weighted by atomic mass is 32.2. The number of rotatable bonds is 18. The summed E-state index contributed by atoms with van der Waals surface area (Å²) in [7, 11) is 0. The van der Waals surface area contributed by atoms with Crippen molar-refractivity contribution in [3.63, 3.8) is 0 Å². The Morgan fingerprint density at radius 2 is 1.45 bits per heavy atom. The molecule has 0 spiro atoms. The quantitative estimate of drug-likeness (QED) is 0.207. The number of unbranched alkanes of at least 4 members (excludes halogenated alkanes) is 2. The van der Waals surface area contributed by atoms with Gasteiger partial charge in [-0.15, -0.1) is 11.8 Å². The summed E-state index contributed by atoms with van der Waals surface area (Å²) in [5, 5.41) is 6.54. The minimum atomic E-state index is -0.0552. The molecule has 0 aromatic carbocycles. The van der Waals surface area contributed by atoms with Gasteiger partial charge in [-0.25, -0.2) is 0 Å². The highest BCUT2D eigenvalue weighted by Gasteiger charge is 2.19. The van der Waals surface area contributed by atoms with Gasteiger partial charge in [0.25, 0.3) is 0 Å². The van der Waals surface area contributed by atoms with Gasteiger partial charge >= 0.3 is 0 Å².